The molecule has 0 aromatic carbocycles. The molecule has 0 rings (SSSR count). The Hall–Kier alpha value is -0.0800. The van der Waals surface area contributed by atoms with Crippen LogP contribution in [0.1, 0.15) is 158 Å². The number of hydrogen-bond acceptors (Lipinski definition) is 0. The maximum Gasteiger partial charge on any atom is 0.127 e. The van der Waals surface area contributed by atoms with E-state index in [1.807, 2.05) is 9.80 Å². The average Bonchev–Trinajstić information content (AvgIpc) is 2.90. The van der Waals surface area contributed by atoms with Gasteiger partial charge in [0, 0.05) is 23.7 Å². The van der Waals surface area contributed by atoms with Crippen molar-refractivity contribution in [3.63, 3.8) is 0 Å². The minimum absolute atomic E-state index is 0.924. The quantitative estimate of drug-likeness (QED) is 0.112. The number of hydrogen-bond donors (Lipinski definition) is 2. The topological polar surface area (TPSA) is 8.88 Å². The smallest absolute Gasteiger partial charge is 0.127 e. The van der Waals surface area contributed by atoms with Crippen molar-refractivity contribution in [2.75, 3.05) is 39.3 Å². The summed E-state index contributed by atoms with van der Waals surface area (Å²) >= 11 is 0. The molecule has 0 heterocycles. The molecule has 0 aromatic heterocycles. The Balaban J connectivity index is 5.45. The molecule has 4 atom stereocenters. The van der Waals surface area contributed by atoms with E-state index >= 15 is 0 Å². The van der Waals surface area contributed by atoms with Crippen molar-refractivity contribution in [1.82, 2.24) is 0 Å². The molecule has 2 nitrogen and oxygen atoms in total. The van der Waals surface area contributed by atoms with Crippen LogP contribution in [0.5, 0.6) is 0 Å². The van der Waals surface area contributed by atoms with E-state index in [1.165, 1.54) is 142 Å². The zero-order valence-electron chi connectivity index (χ0n) is 26.9. The summed E-state index contributed by atoms with van der Waals surface area (Å²) in [6.07, 6.45) is 22.3. The van der Waals surface area contributed by atoms with Gasteiger partial charge in [-0.2, -0.15) is 0 Å². The molecule has 0 saturated carbocycles. The van der Waals surface area contributed by atoms with Gasteiger partial charge in [-0.3, -0.25) is 0 Å². The van der Waals surface area contributed by atoms with Crippen molar-refractivity contribution in [3.8, 4) is 0 Å². The second kappa shape index (κ2) is 25.2. The summed E-state index contributed by atoms with van der Waals surface area (Å²) in [5.41, 5.74) is 0. The fourth-order valence-electron chi connectivity index (χ4n) is 6.33. The third-order valence-corrected chi connectivity index (χ3v) is 9.31. The lowest BCUT2D eigenvalue weighted by molar-refractivity contribution is -0.963. The van der Waals surface area contributed by atoms with Crippen LogP contribution in [0.2, 0.25) is 0 Å². The largest absolute Gasteiger partial charge is 0.330 e. The third kappa shape index (κ3) is 18.2. The fraction of sp³-hybridized carbons (Fsp3) is 1.00. The highest BCUT2D eigenvalue weighted by atomic mass is 15.2. The molecular weight excluding hydrogens is 436 g/mol. The van der Waals surface area contributed by atoms with Crippen LogP contribution in [0.25, 0.3) is 0 Å². The molecule has 0 saturated heterocycles. The first-order valence-corrected chi connectivity index (χ1v) is 17.2. The summed E-state index contributed by atoms with van der Waals surface area (Å²) in [7, 11) is 0. The second-order valence-corrected chi connectivity index (χ2v) is 12.5. The van der Waals surface area contributed by atoms with Crippen LogP contribution in [0.15, 0.2) is 0 Å². The standard InChI is InChI=1S/C34H72N2/c1-9-17-21-31(13-5)27-35(28-32(14-6)22-18-10-2)25-26-36(29-33(15-7)23-19-11-3)30-34(16-8)24-20-12-4/h31-34H,9-30H2,1-8H3/p+2. The highest BCUT2D eigenvalue weighted by Gasteiger charge is 2.25. The summed E-state index contributed by atoms with van der Waals surface area (Å²) in [6.45, 7) is 27.7. The normalized spacial score (nSPS) is 17.0. The van der Waals surface area contributed by atoms with Gasteiger partial charge in [0.25, 0.3) is 0 Å². The minimum Gasteiger partial charge on any atom is -0.330 e. The molecule has 218 valence electrons. The lowest BCUT2D eigenvalue weighted by Gasteiger charge is -2.31. The van der Waals surface area contributed by atoms with Crippen molar-refractivity contribution < 1.29 is 9.80 Å². The van der Waals surface area contributed by atoms with Crippen LogP contribution in [0.3, 0.4) is 0 Å². The Morgan fingerprint density at radius 1 is 0.361 bits per heavy atom. The lowest BCUT2D eigenvalue weighted by Crippen LogP contribution is -3.21. The molecule has 0 radical (unpaired) electrons. The van der Waals surface area contributed by atoms with E-state index in [4.69, 9.17) is 0 Å². The van der Waals surface area contributed by atoms with E-state index in [2.05, 4.69) is 55.4 Å². The van der Waals surface area contributed by atoms with E-state index in [9.17, 15) is 0 Å². The zero-order valence-corrected chi connectivity index (χ0v) is 26.9. The van der Waals surface area contributed by atoms with Gasteiger partial charge in [-0.1, -0.05) is 107 Å². The van der Waals surface area contributed by atoms with Crippen molar-refractivity contribution >= 4 is 0 Å². The molecule has 36 heavy (non-hydrogen) atoms. The first-order valence-electron chi connectivity index (χ1n) is 17.2. The predicted molar refractivity (Wildman–Crippen MR) is 164 cm³/mol. The molecular formula is C34H74N2+2. The Labute approximate surface area is 230 Å². The van der Waals surface area contributed by atoms with E-state index in [0.29, 0.717) is 0 Å². The van der Waals surface area contributed by atoms with Crippen molar-refractivity contribution in [3.05, 3.63) is 0 Å². The Morgan fingerprint density at radius 2 is 0.583 bits per heavy atom. The summed E-state index contributed by atoms with van der Waals surface area (Å²) < 4.78 is 0. The fourth-order valence-corrected chi connectivity index (χ4v) is 6.33. The highest BCUT2D eigenvalue weighted by molar-refractivity contribution is 4.61. The Bertz CT molecular complexity index is 361. The van der Waals surface area contributed by atoms with Crippen LogP contribution in [0.4, 0.5) is 0 Å². The number of nitrogens with one attached hydrogen (secondary N) is 2. The van der Waals surface area contributed by atoms with Crippen LogP contribution in [-0.4, -0.2) is 39.3 Å². The third-order valence-electron chi connectivity index (χ3n) is 9.31. The molecule has 0 amide bonds. The molecule has 0 fully saturated rings. The van der Waals surface area contributed by atoms with Gasteiger partial charge in [-0.15, -0.1) is 0 Å². The maximum absolute atomic E-state index is 2.45. The number of rotatable bonds is 27. The zero-order chi connectivity index (χ0) is 27.0. The monoisotopic (exact) mass is 511 g/mol. The summed E-state index contributed by atoms with van der Waals surface area (Å²) in [4.78, 5) is 3.89. The summed E-state index contributed by atoms with van der Waals surface area (Å²) in [6, 6.07) is 0. The Morgan fingerprint density at radius 3 is 0.750 bits per heavy atom. The van der Waals surface area contributed by atoms with Gasteiger partial charge < -0.3 is 9.80 Å². The lowest BCUT2D eigenvalue weighted by atomic mass is 9.95. The van der Waals surface area contributed by atoms with Gasteiger partial charge in [-0.25, -0.2) is 0 Å². The van der Waals surface area contributed by atoms with E-state index in [1.54, 1.807) is 0 Å². The predicted octanol–water partition coefficient (Wildman–Crippen LogP) is 7.62. The summed E-state index contributed by atoms with van der Waals surface area (Å²) in [5, 5.41) is 0. The molecule has 4 unspecified atom stereocenters. The first kappa shape index (κ1) is 35.9. The van der Waals surface area contributed by atoms with Crippen molar-refractivity contribution in [1.29, 1.82) is 0 Å². The number of unbranched alkanes of at least 4 members (excludes halogenated alkanes) is 4. The molecule has 0 aliphatic carbocycles. The van der Waals surface area contributed by atoms with Gasteiger partial charge in [-0.05, 0) is 51.4 Å². The van der Waals surface area contributed by atoms with E-state index < -0.39 is 0 Å². The molecule has 0 aliphatic rings. The van der Waals surface area contributed by atoms with Gasteiger partial charge in [0.05, 0.1) is 26.2 Å². The highest BCUT2D eigenvalue weighted by Crippen LogP contribution is 2.14. The molecule has 0 bridgehead atoms. The SMILES string of the molecule is CCCCC(CC)C[NH+](CC[NH+](CC(CC)CCCC)CC(CC)CCCC)CC(CC)CCCC. The van der Waals surface area contributed by atoms with Crippen molar-refractivity contribution in [2.45, 2.75) is 158 Å². The van der Waals surface area contributed by atoms with Crippen LogP contribution in [-0.2, 0) is 0 Å². The van der Waals surface area contributed by atoms with Crippen LogP contribution >= 0.6 is 0 Å². The van der Waals surface area contributed by atoms with Gasteiger partial charge in [0.1, 0.15) is 13.1 Å². The van der Waals surface area contributed by atoms with Gasteiger partial charge >= 0.3 is 0 Å². The molecule has 0 spiro atoms. The number of quaternary nitrogens is 2. The minimum atomic E-state index is 0.924. The molecule has 0 aromatic rings. The first-order chi connectivity index (χ1) is 17.5. The molecule has 0 aliphatic heterocycles. The van der Waals surface area contributed by atoms with Crippen molar-refractivity contribution in [2.24, 2.45) is 23.7 Å². The molecule has 2 N–H and O–H groups in total. The van der Waals surface area contributed by atoms with Gasteiger partial charge in [0.15, 0.2) is 0 Å². The van der Waals surface area contributed by atoms with E-state index in [-0.39, 0.29) is 0 Å². The van der Waals surface area contributed by atoms with Crippen LogP contribution < -0.4 is 9.80 Å². The average molecular weight is 511 g/mol. The van der Waals surface area contributed by atoms with Crippen LogP contribution in [0, 0.1) is 23.7 Å². The Kier molecular flexibility index (Phi) is 25.2. The second-order valence-electron chi connectivity index (χ2n) is 12.5. The summed E-state index contributed by atoms with van der Waals surface area (Å²) in [5.74, 6) is 3.70. The van der Waals surface area contributed by atoms with E-state index in [0.717, 1.165) is 23.7 Å². The molecule has 2 heteroatoms. The van der Waals surface area contributed by atoms with Gasteiger partial charge in [0.2, 0.25) is 0 Å². The maximum atomic E-state index is 2.45.